The molecular weight excluding hydrogens is 266 g/mol. The van der Waals surface area contributed by atoms with Crippen molar-refractivity contribution in [3.63, 3.8) is 0 Å². The van der Waals surface area contributed by atoms with Gasteiger partial charge in [0, 0.05) is 19.0 Å². The van der Waals surface area contributed by atoms with Crippen LogP contribution < -0.4 is 16.6 Å². The first-order valence-corrected chi connectivity index (χ1v) is 7.85. The van der Waals surface area contributed by atoms with E-state index in [4.69, 9.17) is 5.84 Å². The Bertz CT molecular complexity index is 457. The molecule has 0 radical (unpaired) electrons. The molecule has 0 aromatic carbocycles. The number of aryl methyl sites for hydroxylation is 1. The number of hydrazine groups is 1. The van der Waals surface area contributed by atoms with E-state index >= 15 is 0 Å². The Morgan fingerprint density at radius 2 is 2.00 bits per heavy atom. The minimum atomic E-state index is -0.626. The van der Waals surface area contributed by atoms with E-state index in [2.05, 4.69) is 34.6 Å². The highest BCUT2D eigenvalue weighted by molar-refractivity contribution is 5.47. The molecule has 1 saturated carbocycles. The largest absolute Gasteiger partial charge is 0.388 e. The highest BCUT2D eigenvalue weighted by atomic mass is 16.3. The van der Waals surface area contributed by atoms with Gasteiger partial charge in [0.25, 0.3) is 0 Å². The molecule has 2 rings (SSSR count). The Balaban J connectivity index is 2.00. The number of rotatable bonds is 6. The maximum absolute atomic E-state index is 10.6. The molecule has 1 aromatic rings. The number of nitrogen functional groups attached to an aromatic ring is 1. The highest BCUT2D eigenvalue weighted by Crippen LogP contribution is 2.31. The molecule has 5 N–H and O–H groups in total. The number of nitrogens with two attached hydrogens (primary N) is 1. The van der Waals surface area contributed by atoms with Crippen LogP contribution in [-0.2, 0) is 6.42 Å². The predicted molar refractivity (Wildman–Crippen MR) is 84.9 cm³/mol. The van der Waals surface area contributed by atoms with Gasteiger partial charge in [-0.1, -0.05) is 13.8 Å². The molecule has 0 spiro atoms. The van der Waals surface area contributed by atoms with Crippen LogP contribution in [0.1, 0.15) is 51.8 Å². The molecule has 0 saturated heterocycles. The van der Waals surface area contributed by atoms with E-state index < -0.39 is 5.60 Å². The first kappa shape index (κ1) is 16.0. The van der Waals surface area contributed by atoms with E-state index in [0.29, 0.717) is 24.1 Å². The van der Waals surface area contributed by atoms with Crippen molar-refractivity contribution in [1.29, 1.82) is 0 Å². The Kier molecular flexibility index (Phi) is 5.36. The van der Waals surface area contributed by atoms with Crippen LogP contribution in [-0.4, -0.2) is 27.2 Å². The molecule has 1 aromatic heterocycles. The molecule has 21 heavy (non-hydrogen) atoms. The van der Waals surface area contributed by atoms with Gasteiger partial charge in [-0.15, -0.1) is 0 Å². The van der Waals surface area contributed by atoms with Gasteiger partial charge in [-0.3, -0.25) is 0 Å². The molecule has 0 aliphatic heterocycles. The zero-order valence-electron chi connectivity index (χ0n) is 13.0. The fourth-order valence-corrected chi connectivity index (χ4v) is 2.73. The van der Waals surface area contributed by atoms with Crippen molar-refractivity contribution in [2.75, 3.05) is 17.3 Å². The van der Waals surface area contributed by atoms with E-state index in [9.17, 15) is 5.11 Å². The summed E-state index contributed by atoms with van der Waals surface area (Å²) in [4.78, 5) is 8.79. The lowest BCUT2D eigenvalue weighted by molar-refractivity contribution is 0.00494. The zero-order valence-corrected chi connectivity index (χ0v) is 13.0. The Morgan fingerprint density at radius 1 is 1.33 bits per heavy atom. The summed E-state index contributed by atoms with van der Waals surface area (Å²) in [6, 6.07) is 1.77. The summed E-state index contributed by atoms with van der Waals surface area (Å²) in [7, 11) is 0. The normalized spacial score (nSPS) is 25.6. The summed E-state index contributed by atoms with van der Waals surface area (Å²) in [6.07, 6.45) is 5.64. The van der Waals surface area contributed by atoms with E-state index in [-0.39, 0.29) is 0 Å². The number of hydrogen-bond donors (Lipinski definition) is 4. The van der Waals surface area contributed by atoms with E-state index in [1.807, 2.05) is 0 Å². The van der Waals surface area contributed by atoms with Crippen molar-refractivity contribution in [1.82, 2.24) is 9.97 Å². The van der Waals surface area contributed by atoms with Crippen LogP contribution in [0.2, 0.25) is 0 Å². The minimum Gasteiger partial charge on any atom is -0.388 e. The van der Waals surface area contributed by atoms with Gasteiger partial charge in [-0.2, -0.15) is 0 Å². The lowest BCUT2D eigenvalue weighted by Gasteiger charge is -2.35. The fourth-order valence-electron chi connectivity index (χ4n) is 2.73. The third kappa shape index (κ3) is 4.54. The number of aliphatic hydroxyl groups is 1. The maximum Gasteiger partial charge on any atom is 0.145 e. The molecule has 1 heterocycles. The average molecular weight is 293 g/mol. The molecule has 1 fully saturated rings. The third-order valence-electron chi connectivity index (χ3n) is 4.20. The molecule has 6 heteroatoms. The molecular formula is C15H27N5O. The molecule has 118 valence electrons. The smallest absolute Gasteiger partial charge is 0.145 e. The highest BCUT2D eigenvalue weighted by Gasteiger charge is 2.31. The topological polar surface area (TPSA) is 96.1 Å². The van der Waals surface area contributed by atoms with Gasteiger partial charge >= 0.3 is 0 Å². The molecule has 0 atom stereocenters. The van der Waals surface area contributed by atoms with Gasteiger partial charge in [-0.05, 0) is 38.0 Å². The average Bonchev–Trinajstić information content (AvgIpc) is 2.49. The van der Waals surface area contributed by atoms with Crippen LogP contribution in [0.15, 0.2) is 6.07 Å². The summed E-state index contributed by atoms with van der Waals surface area (Å²) >= 11 is 0. The third-order valence-corrected chi connectivity index (χ3v) is 4.20. The van der Waals surface area contributed by atoms with Gasteiger partial charge in [-0.25, -0.2) is 15.8 Å². The molecule has 1 aliphatic carbocycles. The maximum atomic E-state index is 10.6. The molecule has 0 amide bonds. The first-order chi connectivity index (χ1) is 10.0. The van der Waals surface area contributed by atoms with Crippen LogP contribution in [0, 0.1) is 5.92 Å². The van der Waals surface area contributed by atoms with Crippen LogP contribution in [0.4, 0.5) is 11.6 Å². The summed E-state index contributed by atoms with van der Waals surface area (Å²) in [6.45, 7) is 4.85. The predicted octanol–water partition coefficient (Wildman–Crippen LogP) is 2.07. The van der Waals surface area contributed by atoms with Crippen molar-refractivity contribution in [3.8, 4) is 0 Å². The lowest BCUT2D eigenvalue weighted by atomic mass is 9.79. The van der Waals surface area contributed by atoms with E-state index in [0.717, 1.165) is 44.3 Å². The second-order valence-electron chi connectivity index (χ2n) is 6.21. The molecule has 1 aliphatic rings. The van der Waals surface area contributed by atoms with Crippen LogP contribution in [0.5, 0.6) is 0 Å². The summed E-state index contributed by atoms with van der Waals surface area (Å²) < 4.78 is 0. The summed E-state index contributed by atoms with van der Waals surface area (Å²) in [5, 5.41) is 13.8. The quantitative estimate of drug-likeness (QED) is 0.474. The second-order valence-corrected chi connectivity index (χ2v) is 6.21. The number of hydrogen-bond acceptors (Lipinski definition) is 6. The van der Waals surface area contributed by atoms with Crippen LogP contribution in [0.25, 0.3) is 0 Å². The Hall–Kier alpha value is -1.40. The van der Waals surface area contributed by atoms with Crippen molar-refractivity contribution < 1.29 is 5.11 Å². The zero-order chi connectivity index (χ0) is 15.3. The van der Waals surface area contributed by atoms with Gasteiger partial charge < -0.3 is 15.8 Å². The van der Waals surface area contributed by atoms with Crippen molar-refractivity contribution in [2.24, 2.45) is 11.8 Å². The number of anilines is 2. The van der Waals surface area contributed by atoms with Crippen molar-refractivity contribution in [3.05, 3.63) is 11.9 Å². The number of nitrogens with one attached hydrogen (secondary N) is 2. The lowest BCUT2D eigenvalue weighted by Crippen LogP contribution is -2.40. The molecule has 6 nitrogen and oxygen atoms in total. The molecule has 0 unspecified atom stereocenters. The second kappa shape index (κ2) is 7.04. The van der Waals surface area contributed by atoms with E-state index in [1.165, 1.54) is 0 Å². The van der Waals surface area contributed by atoms with Gasteiger partial charge in [0.2, 0.25) is 0 Å². The van der Waals surface area contributed by atoms with Gasteiger partial charge in [0.05, 0.1) is 5.60 Å². The van der Waals surface area contributed by atoms with Crippen LogP contribution in [0.3, 0.4) is 0 Å². The minimum absolute atomic E-state index is 0.520. The Labute approximate surface area is 126 Å². The monoisotopic (exact) mass is 293 g/mol. The van der Waals surface area contributed by atoms with Crippen molar-refractivity contribution >= 4 is 11.6 Å². The summed E-state index contributed by atoms with van der Waals surface area (Å²) in [5.41, 5.74) is 1.94. The van der Waals surface area contributed by atoms with Crippen molar-refractivity contribution in [2.45, 2.75) is 58.0 Å². The fraction of sp³-hybridized carbons (Fsp3) is 0.733. The first-order valence-electron chi connectivity index (χ1n) is 7.85. The van der Waals surface area contributed by atoms with Gasteiger partial charge in [0.1, 0.15) is 17.5 Å². The number of aromatic nitrogens is 2. The SMILES string of the molecule is CCCc1nc(NN)cc(NCC2(O)CCC(C)CC2)n1. The van der Waals surface area contributed by atoms with E-state index in [1.54, 1.807) is 6.07 Å². The Morgan fingerprint density at radius 3 is 2.62 bits per heavy atom. The summed E-state index contributed by atoms with van der Waals surface area (Å²) in [5.74, 6) is 8.24. The number of nitrogens with zero attached hydrogens (tertiary/aromatic N) is 2. The van der Waals surface area contributed by atoms with Crippen LogP contribution >= 0.6 is 0 Å². The standard InChI is InChI=1S/C15H27N5O/c1-3-4-12-18-13(9-14(19-12)20-16)17-10-15(21)7-5-11(2)6-8-15/h9,11,21H,3-8,10,16H2,1-2H3,(H2,17,18,19,20). The molecule has 0 bridgehead atoms. The van der Waals surface area contributed by atoms with Gasteiger partial charge in [0.15, 0.2) is 0 Å².